The fourth-order valence-corrected chi connectivity index (χ4v) is 1.90. The minimum atomic E-state index is -0.977. The lowest BCUT2D eigenvalue weighted by molar-refractivity contribution is 0.0572. The fourth-order valence-electron chi connectivity index (χ4n) is 1.90. The SMILES string of the molecule is COc1ccc(C(=O)N2CC(O)C(O)C2)c(F)c1. The number of nitrogens with zero attached hydrogens (tertiary/aromatic N) is 1. The number of methoxy groups -OCH3 is 1. The number of β-amino-alcohol motifs (C(OH)–C–C–N with tert-alkyl or cyclic N) is 2. The maximum Gasteiger partial charge on any atom is 0.257 e. The Morgan fingerprint density at radius 3 is 2.50 bits per heavy atom. The van der Waals surface area contributed by atoms with E-state index in [1.54, 1.807) is 0 Å². The van der Waals surface area contributed by atoms with Gasteiger partial charge in [0.2, 0.25) is 0 Å². The normalized spacial score (nSPS) is 23.2. The molecule has 2 atom stereocenters. The van der Waals surface area contributed by atoms with E-state index >= 15 is 0 Å². The maximum atomic E-state index is 13.7. The molecule has 0 spiro atoms. The first-order valence-corrected chi connectivity index (χ1v) is 5.52. The van der Waals surface area contributed by atoms with E-state index in [4.69, 9.17) is 4.74 Å². The maximum absolute atomic E-state index is 13.7. The summed E-state index contributed by atoms with van der Waals surface area (Å²) >= 11 is 0. The predicted octanol–water partition coefficient (Wildman–Crippen LogP) is 0.0119. The van der Waals surface area contributed by atoms with E-state index in [9.17, 15) is 19.4 Å². The van der Waals surface area contributed by atoms with Crippen molar-refractivity contribution in [1.29, 1.82) is 0 Å². The van der Waals surface area contributed by atoms with Crippen LogP contribution in [0.3, 0.4) is 0 Å². The molecule has 1 saturated heterocycles. The van der Waals surface area contributed by atoms with Crippen LogP contribution in [-0.2, 0) is 0 Å². The molecule has 2 unspecified atom stereocenters. The second-order valence-electron chi connectivity index (χ2n) is 4.19. The molecule has 0 aliphatic carbocycles. The van der Waals surface area contributed by atoms with Crippen molar-refractivity contribution in [2.75, 3.05) is 20.2 Å². The van der Waals surface area contributed by atoms with E-state index in [1.165, 1.54) is 24.1 Å². The second kappa shape index (κ2) is 4.91. The molecular formula is C12H14FNO4. The zero-order chi connectivity index (χ0) is 13.3. The number of amides is 1. The summed E-state index contributed by atoms with van der Waals surface area (Å²) in [4.78, 5) is 13.2. The molecule has 1 aromatic rings. The van der Waals surface area contributed by atoms with Gasteiger partial charge in [0.25, 0.3) is 5.91 Å². The van der Waals surface area contributed by atoms with Crippen molar-refractivity contribution < 1.29 is 24.1 Å². The van der Waals surface area contributed by atoms with Crippen LogP contribution in [0.4, 0.5) is 4.39 Å². The quantitative estimate of drug-likeness (QED) is 0.781. The Kier molecular flexibility index (Phi) is 3.49. The van der Waals surface area contributed by atoms with E-state index < -0.39 is 23.9 Å². The third-order valence-corrected chi connectivity index (χ3v) is 2.95. The number of carbonyl (C=O) groups excluding carboxylic acids is 1. The van der Waals surface area contributed by atoms with Gasteiger partial charge >= 0.3 is 0 Å². The van der Waals surface area contributed by atoms with Gasteiger partial charge in [0.15, 0.2) is 0 Å². The summed E-state index contributed by atoms with van der Waals surface area (Å²) in [6.45, 7) is 0.0109. The molecule has 1 amide bonds. The number of halogens is 1. The third-order valence-electron chi connectivity index (χ3n) is 2.95. The minimum Gasteiger partial charge on any atom is -0.497 e. The van der Waals surface area contributed by atoms with E-state index in [-0.39, 0.29) is 18.7 Å². The van der Waals surface area contributed by atoms with Crippen molar-refractivity contribution in [1.82, 2.24) is 4.90 Å². The number of aliphatic hydroxyl groups excluding tert-OH is 2. The van der Waals surface area contributed by atoms with Crippen LogP contribution in [0.15, 0.2) is 18.2 Å². The van der Waals surface area contributed by atoms with Crippen molar-refractivity contribution in [3.8, 4) is 5.75 Å². The molecule has 98 valence electrons. The summed E-state index contributed by atoms with van der Waals surface area (Å²) in [7, 11) is 1.41. The van der Waals surface area contributed by atoms with Crippen LogP contribution in [0, 0.1) is 5.82 Å². The van der Waals surface area contributed by atoms with Gasteiger partial charge in [-0.1, -0.05) is 0 Å². The van der Waals surface area contributed by atoms with Gasteiger partial charge in [0.1, 0.15) is 11.6 Å². The highest BCUT2D eigenvalue weighted by Gasteiger charge is 2.33. The number of carbonyl (C=O) groups is 1. The summed E-state index contributed by atoms with van der Waals surface area (Å²) < 4.78 is 18.5. The first-order chi connectivity index (χ1) is 8.52. The van der Waals surface area contributed by atoms with Crippen LogP contribution in [-0.4, -0.2) is 53.4 Å². The van der Waals surface area contributed by atoms with E-state index in [0.717, 1.165) is 6.07 Å². The first kappa shape index (κ1) is 12.8. The van der Waals surface area contributed by atoms with Gasteiger partial charge in [-0.25, -0.2) is 4.39 Å². The molecule has 1 heterocycles. The number of aliphatic hydroxyl groups is 2. The lowest BCUT2D eigenvalue weighted by Gasteiger charge is -2.16. The third kappa shape index (κ3) is 2.30. The van der Waals surface area contributed by atoms with E-state index in [1.807, 2.05) is 0 Å². The molecule has 0 bridgehead atoms. The van der Waals surface area contributed by atoms with Crippen molar-refractivity contribution >= 4 is 5.91 Å². The zero-order valence-corrected chi connectivity index (χ0v) is 9.84. The molecule has 1 aliphatic rings. The van der Waals surface area contributed by atoms with Crippen LogP contribution in [0.1, 0.15) is 10.4 Å². The number of hydrogen-bond donors (Lipinski definition) is 2. The monoisotopic (exact) mass is 255 g/mol. The summed E-state index contributed by atoms with van der Waals surface area (Å²) in [6, 6.07) is 3.93. The number of hydrogen-bond acceptors (Lipinski definition) is 4. The zero-order valence-electron chi connectivity index (χ0n) is 9.84. The number of ether oxygens (including phenoxy) is 1. The largest absolute Gasteiger partial charge is 0.497 e. The second-order valence-corrected chi connectivity index (χ2v) is 4.19. The van der Waals surface area contributed by atoms with Gasteiger partial charge in [0, 0.05) is 19.2 Å². The van der Waals surface area contributed by atoms with Gasteiger partial charge in [-0.15, -0.1) is 0 Å². The Morgan fingerprint density at radius 2 is 2.00 bits per heavy atom. The number of benzene rings is 1. The molecule has 2 N–H and O–H groups in total. The number of likely N-dealkylation sites (tertiary alicyclic amines) is 1. The van der Waals surface area contributed by atoms with Crippen LogP contribution in [0.25, 0.3) is 0 Å². The van der Waals surface area contributed by atoms with E-state index in [2.05, 4.69) is 0 Å². The molecule has 1 aromatic carbocycles. The lowest BCUT2D eigenvalue weighted by atomic mass is 10.2. The van der Waals surface area contributed by atoms with Gasteiger partial charge in [-0.05, 0) is 12.1 Å². The van der Waals surface area contributed by atoms with Gasteiger partial charge < -0.3 is 19.8 Å². The molecule has 0 radical (unpaired) electrons. The highest BCUT2D eigenvalue weighted by Crippen LogP contribution is 2.20. The highest BCUT2D eigenvalue weighted by molar-refractivity contribution is 5.94. The standard InChI is InChI=1S/C12H14FNO4/c1-18-7-2-3-8(9(13)4-7)12(17)14-5-10(15)11(16)6-14/h2-4,10-11,15-16H,5-6H2,1H3. The Labute approximate surface area is 103 Å². The smallest absolute Gasteiger partial charge is 0.257 e. The average molecular weight is 255 g/mol. The highest BCUT2D eigenvalue weighted by atomic mass is 19.1. The molecule has 1 aliphatic heterocycles. The molecule has 1 fully saturated rings. The Hall–Kier alpha value is -1.66. The van der Waals surface area contributed by atoms with Crippen LogP contribution >= 0.6 is 0 Å². The summed E-state index contributed by atoms with van der Waals surface area (Å²) in [6.07, 6.45) is -1.95. The average Bonchev–Trinajstić information content (AvgIpc) is 2.68. The van der Waals surface area contributed by atoms with Crippen LogP contribution in [0.5, 0.6) is 5.75 Å². The molecule has 18 heavy (non-hydrogen) atoms. The first-order valence-electron chi connectivity index (χ1n) is 5.52. The van der Waals surface area contributed by atoms with Gasteiger partial charge in [-0.3, -0.25) is 4.79 Å². The molecule has 2 rings (SSSR count). The fraction of sp³-hybridized carbons (Fsp3) is 0.417. The minimum absolute atomic E-state index is 0.00543. The lowest BCUT2D eigenvalue weighted by Crippen LogP contribution is -2.30. The molecule has 0 aromatic heterocycles. The Balaban J connectivity index is 2.19. The van der Waals surface area contributed by atoms with Crippen LogP contribution < -0.4 is 4.74 Å². The van der Waals surface area contributed by atoms with Crippen molar-refractivity contribution in [3.05, 3.63) is 29.6 Å². The summed E-state index contributed by atoms with van der Waals surface area (Å²) in [5.41, 5.74) is -0.0999. The van der Waals surface area contributed by atoms with Gasteiger partial charge in [-0.2, -0.15) is 0 Å². The van der Waals surface area contributed by atoms with Crippen molar-refractivity contribution in [2.45, 2.75) is 12.2 Å². The summed E-state index contributed by atoms with van der Waals surface area (Å²) in [5.74, 6) is -0.911. The number of rotatable bonds is 2. The van der Waals surface area contributed by atoms with Gasteiger partial charge in [0.05, 0.1) is 24.9 Å². The molecule has 0 saturated carbocycles. The van der Waals surface area contributed by atoms with Crippen LogP contribution in [0.2, 0.25) is 0 Å². The van der Waals surface area contributed by atoms with Crippen molar-refractivity contribution in [3.63, 3.8) is 0 Å². The Morgan fingerprint density at radius 1 is 1.39 bits per heavy atom. The molecule has 6 heteroatoms. The van der Waals surface area contributed by atoms with E-state index in [0.29, 0.717) is 5.75 Å². The summed E-state index contributed by atoms with van der Waals surface area (Å²) in [5, 5.41) is 18.7. The topological polar surface area (TPSA) is 70.0 Å². The molecular weight excluding hydrogens is 241 g/mol. The van der Waals surface area contributed by atoms with Crippen molar-refractivity contribution in [2.24, 2.45) is 0 Å². The Bertz CT molecular complexity index is 455. The molecule has 5 nitrogen and oxygen atoms in total. The predicted molar refractivity (Wildman–Crippen MR) is 60.9 cm³/mol.